The number of carbonyl (C=O) groups is 2. The highest BCUT2D eigenvalue weighted by molar-refractivity contribution is 8.18. The van der Waals surface area contributed by atoms with Gasteiger partial charge in [0.15, 0.2) is 0 Å². The molecule has 1 aliphatic heterocycles. The Labute approximate surface area is 152 Å². The van der Waals surface area contributed by atoms with Crippen molar-refractivity contribution < 1.29 is 14.5 Å². The van der Waals surface area contributed by atoms with Crippen LogP contribution in [0.3, 0.4) is 0 Å². The van der Waals surface area contributed by atoms with Crippen molar-refractivity contribution in [2.45, 2.75) is 6.54 Å². The van der Waals surface area contributed by atoms with Crippen LogP contribution >= 0.6 is 11.8 Å². The van der Waals surface area contributed by atoms with Gasteiger partial charge in [0.1, 0.15) is 0 Å². The fraction of sp³-hybridized carbons (Fsp3) is 0.0556. The minimum absolute atomic E-state index is 0.0252. The maximum absolute atomic E-state index is 12.6. The van der Waals surface area contributed by atoms with Gasteiger partial charge in [-0.1, -0.05) is 30.3 Å². The number of nitrogens with zero attached hydrogens (tertiary/aromatic N) is 3. The molecular weight excluding hydrogens is 354 g/mol. The number of rotatable bonds is 4. The molecule has 1 heterocycles. The molecule has 8 heteroatoms. The van der Waals surface area contributed by atoms with E-state index in [1.165, 1.54) is 24.3 Å². The number of hydrogen-bond donors (Lipinski definition) is 0. The van der Waals surface area contributed by atoms with E-state index >= 15 is 0 Å². The number of nitriles is 1. The average Bonchev–Trinajstić information content (AvgIpc) is 2.90. The summed E-state index contributed by atoms with van der Waals surface area (Å²) in [5.41, 5.74) is 1.05. The van der Waals surface area contributed by atoms with Crippen LogP contribution in [0, 0.1) is 21.4 Å². The van der Waals surface area contributed by atoms with Crippen LogP contribution in [0.25, 0.3) is 6.08 Å². The SMILES string of the molecule is N#Cc1ccccc1CN1C(=O)S/C(=C/c2ccccc2[N+](=O)[O-])C1=O. The Balaban J connectivity index is 1.90. The molecule has 128 valence electrons. The van der Waals surface area contributed by atoms with Gasteiger partial charge in [0, 0.05) is 6.07 Å². The molecule has 0 spiro atoms. The number of nitro groups is 1. The van der Waals surface area contributed by atoms with Gasteiger partial charge in [-0.3, -0.25) is 24.6 Å². The maximum Gasteiger partial charge on any atom is 0.293 e. The monoisotopic (exact) mass is 365 g/mol. The molecule has 1 saturated heterocycles. The number of hydrogen-bond acceptors (Lipinski definition) is 6. The molecule has 0 atom stereocenters. The highest BCUT2D eigenvalue weighted by Crippen LogP contribution is 2.35. The van der Waals surface area contributed by atoms with Crippen molar-refractivity contribution in [2.24, 2.45) is 0 Å². The van der Waals surface area contributed by atoms with Crippen LogP contribution in [0.15, 0.2) is 53.4 Å². The third-order valence-corrected chi connectivity index (χ3v) is 4.67. The quantitative estimate of drug-likeness (QED) is 0.465. The zero-order valence-corrected chi connectivity index (χ0v) is 14.1. The first-order chi connectivity index (χ1) is 12.5. The molecule has 0 aromatic heterocycles. The lowest BCUT2D eigenvalue weighted by Crippen LogP contribution is -2.27. The number of imide groups is 1. The van der Waals surface area contributed by atoms with Gasteiger partial charge in [-0.2, -0.15) is 5.26 Å². The summed E-state index contributed by atoms with van der Waals surface area (Å²) in [6.45, 7) is -0.0252. The van der Waals surface area contributed by atoms with E-state index in [0.717, 1.165) is 16.7 Å². The number of benzene rings is 2. The minimum Gasteiger partial charge on any atom is -0.268 e. The topological polar surface area (TPSA) is 104 Å². The molecule has 7 nitrogen and oxygen atoms in total. The van der Waals surface area contributed by atoms with Gasteiger partial charge >= 0.3 is 0 Å². The lowest BCUT2D eigenvalue weighted by atomic mass is 10.1. The standard InChI is InChI=1S/C18H11N3O4S/c19-10-13-6-1-2-7-14(13)11-20-17(22)16(26-18(20)23)9-12-5-3-4-8-15(12)21(24)25/h1-9H,11H2/b16-9+. The third-order valence-electron chi connectivity index (χ3n) is 3.76. The van der Waals surface area contributed by atoms with Crippen molar-refractivity contribution in [3.8, 4) is 6.07 Å². The van der Waals surface area contributed by atoms with E-state index in [1.54, 1.807) is 30.3 Å². The van der Waals surface area contributed by atoms with Gasteiger partial charge in [-0.25, -0.2) is 0 Å². The minimum atomic E-state index is -0.542. The van der Waals surface area contributed by atoms with E-state index in [1.807, 2.05) is 6.07 Å². The molecule has 2 aromatic carbocycles. The van der Waals surface area contributed by atoms with Crippen LogP contribution in [0.2, 0.25) is 0 Å². The highest BCUT2D eigenvalue weighted by Gasteiger charge is 2.35. The predicted octanol–water partition coefficient (Wildman–Crippen LogP) is 3.70. The lowest BCUT2D eigenvalue weighted by molar-refractivity contribution is -0.385. The Kier molecular flexibility index (Phi) is 4.82. The van der Waals surface area contributed by atoms with Gasteiger partial charge in [0.2, 0.25) is 0 Å². The summed E-state index contributed by atoms with van der Waals surface area (Å²) in [4.78, 5) is 36.5. The van der Waals surface area contributed by atoms with Crippen molar-refractivity contribution in [1.29, 1.82) is 5.26 Å². The van der Waals surface area contributed by atoms with Crippen LogP contribution in [0.1, 0.15) is 16.7 Å². The van der Waals surface area contributed by atoms with Gasteiger partial charge in [-0.15, -0.1) is 0 Å². The molecule has 0 N–H and O–H groups in total. The Bertz CT molecular complexity index is 994. The first kappa shape index (κ1) is 17.4. The van der Waals surface area contributed by atoms with Crippen LogP contribution in [-0.2, 0) is 11.3 Å². The average molecular weight is 365 g/mol. The molecular formula is C18H11N3O4S. The molecule has 3 rings (SSSR count). The Morgan fingerprint density at radius 2 is 1.85 bits per heavy atom. The highest BCUT2D eigenvalue weighted by atomic mass is 32.2. The van der Waals surface area contributed by atoms with Crippen molar-refractivity contribution in [3.63, 3.8) is 0 Å². The number of amides is 2. The van der Waals surface area contributed by atoms with Crippen molar-refractivity contribution in [3.05, 3.63) is 80.2 Å². The molecule has 26 heavy (non-hydrogen) atoms. The first-order valence-corrected chi connectivity index (χ1v) is 8.29. The summed E-state index contributed by atoms with van der Waals surface area (Å²) < 4.78 is 0. The molecule has 1 fully saturated rings. The van der Waals surface area contributed by atoms with Crippen LogP contribution < -0.4 is 0 Å². The second-order valence-corrected chi connectivity index (χ2v) is 6.35. The first-order valence-electron chi connectivity index (χ1n) is 7.48. The van der Waals surface area contributed by atoms with Crippen LogP contribution in [0.5, 0.6) is 0 Å². The molecule has 0 radical (unpaired) electrons. The molecule has 2 amide bonds. The van der Waals surface area contributed by atoms with E-state index < -0.39 is 16.1 Å². The Morgan fingerprint density at radius 1 is 1.15 bits per heavy atom. The molecule has 0 aliphatic carbocycles. The lowest BCUT2D eigenvalue weighted by Gasteiger charge is -2.13. The molecule has 1 aliphatic rings. The van der Waals surface area contributed by atoms with Crippen molar-refractivity contribution >= 4 is 34.7 Å². The number of nitro benzene ring substituents is 1. The summed E-state index contributed by atoms with van der Waals surface area (Å²) in [5, 5.41) is 19.7. The number of thioether (sulfide) groups is 1. The summed E-state index contributed by atoms with van der Waals surface area (Å²) in [6, 6.07) is 14.7. The third kappa shape index (κ3) is 3.34. The largest absolute Gasteiger partial charge is 0.293 e. The van der Waals surface area contributed by atoms with Gasteiger partial charge in [0.05, 0.1) is 33.6 Å². The molecule has 0 unspecified atom stereocenters. The smallest absolute Gasteiger partial charge is 0.268 e. The van der Waals surface area contributed by atoms with E-state index in [9.17, 15) is 19.7 Å². The van der Waals surface area contributed by atoms with E-state index in [0.29, 0.717) is 11.1 Å². The summed E-state index contributed by atoms with van der Waals surface area (Å²) in [5.74, 6) is -0.536. The number of para-hydroxylation sites is 1. The van der Waals surface area contributed by atoms with Crippen molar-refractivity contribution in [1.82, 2.24) is 4.90 Å². The Hall–Kier alpha value is -3.44. The maximum atomic E-state index is 12.6. The molecule has 0 saturated carbocycles. The summed E-state index contributed by atoms with van der Waals surface area (Å²) in [6.07, 6.45) is 1.35. The van der Waals surface area contributed by atoms with Crippen LogP contribution in [0.4, 0.5) is 10.5 Å². The summed E-state index contributed by atoms with van der Waals surface area (Å²) >= 11 is 0.723. The van der Waals surface area contributed by atoms with Gasteiger partial charge in [0.25, 0.3) is 16.8 Å². The van der Waals surface area contributed by atoms with Crippen molar-refractivity contribution in [2.75, 3.05) is 0 Å². The Morgan fingerprint density at radius 3 is 2.58 bits per heavy atom. The van der Waals surface area contributed by atoms with Crippen LogP contribution in [-0.4, -0.2) is 21.0 Å². The fourth-order valence-corrected chi connectivity index (χ4v) is 3.32. The van der Waals surface area contributed by atoms with E-state index in [4.69, 9.17) is 5.26 Å². The van der Waals surface area contributed by atoms with Gasteiger partial charge in [-0.05, 0) is 35.5 Å². The summed E-state index contributed by atoms with van der Waals surface area (Å²) in [7, 11) is 0. The fourth-order valence-electron chi connectivity index (χ4n) is 2.49. The normalized spacial score (nSPS) is 15.3. The zero-order valence-electron chi connectivity index (χ0n) is 13.3. The predicted molar refractivity (Wildman–Crippen MR) is 95.8 cm³/mol. The second-order valence-electron chi connectivity index (χ2n) is 5.35. The number of carbonyl (C=O) groups excluding carboxylic acids is 2. The van der Waals surface area contributed by atoms with E-state index in [2.05, 4.69) is 0 Å². The zero-order chi connectivity index (χ0) is 18.7. The molecule has 0 bridgehead atoms. The second kappa shape index (κ2) is 7.21. The van der Waals surface area contributed by atoms with E-state index in [-0.39, 0.29) is 22.7 Å². The van der Waals surface area contributed by atoms with Gasteiger partial charge < -0.3 is 0 Å². The molecule has 2 aromatic rings.